The highest BCUT2D eigenvalue weighted by Gasteiger charge is 2.36. The molecule has 2 saturated heterocycles. The Balaban J connectivity index is 1.24. The molecule has 2 atom stereocenters. The van der Waals surface area contributed by atoms with Crippen LogP contribution >= 0.6 is 0 Å². The second-order valence-electron chi connectivity index (χ2n) is 9.24. The smallest absolute Gasteiger partial charge is 0.270 e. The summed E-state index contributed by atoms with van der Waals surface area (Å²) in [5.74, 6) is 0.770. The Morgan fingerprint density at radius 2 is 1.83 bits per heavy atom. The lowest BCUT2D eigenvalue weighted by atomic mass is 9.91. The number of aromatic amines is 1. The fourth-order valence-corrected chi connectivity index (χ4v) is 5.67. The average Bonchev–Trinajstić information content (AvgIpc) is 3.44. The molecule has 3 fully saturated rings. The normalized spacial score (nSPS) is 27.7. The molecule has 4 heterocycles. The lowest BCUT2D eigenvalue weighted by molar-refractivity contribution is 0.0146. The van der Waals surface area contributed by atoms with Gasteiger partial charge in [0.2, 0.25) is 0 Å². The Bertz CT molecular complexity index is 817. The maximum Gasteiger partial charge on any atom is 0.270 e. The number of aromatic nitrogens is 2. The van der Waals surface area contributed by atoms with Gasteiger partial charge in [-0.25, -0.2) is 0 Å². The van der Waals surface area contributed by atoms with Crippen LogP contribution in [0.1, 0.15) is 49.5 Å². The van der Waals surface area contributed by atoms with Gasteiger partial charge in [-0.2, -0.15) is 0 Å². The second-order valence-corrected chi connectivity index (χ2v) is 9.24. The van der Waals surface area contributed by atoms with Crippen molar-refractivity contribution in [1.29, 1.82) is 0 Å². The molecule has 6 heteroatoms. The first-order valence-corrected chi connectivity index (χ1v) is 11.4. The van der Waals surface area contributed by atoms with E-state index in [4.69, 9.17) is 0 Å². The van der Waals surface area contributed by atoms with Crippen molar-refractivity contribution < 1.29 is 4.79 Å². The number of piperazine rings is 1. The van der Waals surface area contributed by atoms with E-state index in [-0.39, 0.29) is 5.91 Å². The summed E-state index contributed by atoms with van der Waals surface area (Å²) < 4.78 is 0. The summed E-state index contributed by atoms with van der Waals surface area (Å²) >= 11 is 0. The molecule has 1 saturated carbocycles. The Hall–Kier alpha value is -1.92. The quantitative estimate of drug-likeness (QED) is 0.868. The molecule has 1 amide bonds. The number of hydrogen-bond acceptors (Lipinski definition) is 4. The van der Waals surface area contributed by atoms with E-state index in [9.17, 15) is 4.79 Å². The molecule has 156 valence electrons. The van der Waals surface area contributed by atoms with E-state index in [2.05, 4.69) is 31.6 Å². The van der Waals surface area contributed by atoms with Crippen molar-refractivity contribution >= 4 is 16.8 Å². The monoisotopic (exact) mass is 395 g/mol. The van der Waals surface area contributed by atoms with Crippen LogP contribution in [0.15, 0.2) is 24.5 Å². The zero-order valence-corrected chi connectivity index (χ0v) is 17.5. The summed E-state index contributed by atoms with van der Waals surface area (Å²) in [6.07, 6.45) is 10.2. The van der Waals surface area contributed by atoms with Crippen LogP contribution in [0.3, 0.4) is 0 Å². The van der Waals surface area contributed by atoms with E-state index in [0.717, 1.165) is 49.5 Å². The van der Waals surface area contributed by atoms with Gasteiger partial charge in [0.25, 0.3) is 5.91 Å². The molecule has 2 unspecified atom stereocenters. The molecular formula is C23H33N5O. The molecule has 2 aromatic rings. The summed E-state index contributed by atoms with van der Waals surface area (Å²) in [7, 11) is 0. The molecule has 2 aromatic heterocycles. The summed E-state index contributed by atoms with van der Waals surface area (Å²) in [6, 6.07) is 5.22. The highest BCUT2D eigenvalue weighted by Crippen LogP contribution is 2.28. The third-order valence-corrected chi connectivity index (χ3v) is 7.52. The van der Waals surface area contributed by atoms with Gasteiger partial charge in [-0.3, -0.25) is 19.6 Å². The van der Waals surface area contributed by atoms with Crippen molar-refractivity contribution in [3.05, 3.63) is 30.2 Å². The van der Waals surface area contributed by atoms with E-state index in [1.165, 1.54) is 38.8 Å². The first-order valence-electron chi connectivity index (χ1n) is 11.4. The highest BCUT2D eigenvalue weighted by atomic mass is 16.2. The Morgan fingerprint density at radius 3 is 2.59 bits per heavy atom. The third kappa shape index (κ3) is 3.80. The van der Waals surface area contributed by atoms with Crippen molar-refractivity contribution in [2.24, 2.45) is 5.92 Å². The van der Waals surface area contributed by atoms with Gasteiger partial charge in [0.05, 0.1) is 11.7 Å². The molecule has 0 radical (unpaired) electrons. The lowest BCUT2D eigenvalue weighted by Gasteiger charge is -2.47. The maximum atomic E-state index is 13.2. The number of nitrogens with zero attached hydrogens (tertiary/aromatic N) is 4. The third-order valence-electron chi connectivity index (χ3n) is 7.52. The predicted molar refractivity (Wildman–Crippen MR) is 115 cm³/mol. The summed E-state index contributed by atoms with van der Waals surface area (Å²) in [4.78, 5) is 28.0. The van der Waals surface area contributed by atoms with Gasteiger partial charge in [-0.05, 0) is 37.3 Å². The van der Waals surface area contributed by atoms with Crippen molar-refractivity contribution in [2.75, 3.05) is 39.3 Å². The molecular weight excluding hydrogens is 362 g/mol. The van der Waals surface area contributed by atoms with Gasteiger partial charge < -0.3 is 9.88 Å². The number of piperidine rings is 1. The Labute approximate surface area is 173 Å². The molecule has 0 spiro atoms. The molecule has 0 aromatic carbocycles. The lowest BCUT2D eigenvalue weighted by Crippen LogP contribution is -2.59. The van der Waals surface area contributed by atoms with Crippen molar-refractivity contribution in [3.63, 3.8) is 0 Å². The second kappa shape index (κ2) is 8.07. The number of hydrogen-bond donors (Lipinski definition) is 1. The van der Waals surface area contributed by atoms with Gasteiger partial charge in [0.1, 0.15) is 5.69 Å². The molecule has 5 rings (SSSR count). The van der Waals surface area contributed by atoms with E-state index in [0.29, 0.717) is 17.7 Å². The molecule has 3 aliphatic rings. The van der Waals surface area contributed by atoms with Crippen LogP contribution in [0.4, 0.5) is 0 Å². The molecule has 0 bridgehead atoms. The van der Waals surface area contributed by atoms with Crippen molar-refractivity contribution in [1.82, 2.24) is 24.7 Å². The minimum Gasteiger partial charge on any atom is -0.349 e. The van der Waals surface area contributed by atoms with Gasteiger partial charge >= 0.3 is 0 Å². The molecule has 29 heavy (non-hydrogen) atoms. The van der Waals surface area contributed by atoms with E-state index < -0.39 is 0 Å². The van der Waals surface area contributed by atoms with Gasteiger partial charge in [-0.15, -0.1) is 0 Å². The Morgan fingerprint density at radius 1 is 1.07 bits per heavy atom. The van der Waals surface area contributed by atoms with Gasteiger partial charge in [0.15, 0.2) is 0 Å². The number of likely N-dealkylation sites (tertiary alicyclic amines) is 1. The summed E-state index contributed by atoms with van der Waals surface area (Å²) in [6.45, 7) is 8.73. The van der Waals surface area contributed by atoms with E-state index >= 15 is 0 Å². The van der Waals surface area contributed by atoms with E-state index in [1.54, 1.807) is 12.4 Å². The SMILES string of the molecule is CC1CCN(C(=O)c2cc3ccncc3[nH]2)CC1N1CCN(C2CCCC2)CC1. The number of pyridine rings is 1. The predicted octanol–water partition coefficient (Wildman–Crippen LogP) is 2.97. The Kier molecular flexibility index (Phi) is 5.31. The summed E-state index contributed by atoms with van der Waals surface area (Å²) in [5, 5.41) is 1.05. The first kappa shape index (κ1) is 19.1. The van der Waals surface area contributed by atoms with Crippen molar-refractivity contribution in [3.8, 4) is 0 Å². The topological polar surface area (TPSA) is 55.5 Å². The maximum absolute atomic E-state index is 13.2. The average molecular weight is 396 g/mol. The van der Waals surface area contributed by atoms with Crippen LogP contribution in [0.25, 0.3) is 10.9 Å². The fourth-order valence-electron chi connectivity index (χ4n) is 5.67. The number of rotatable bonds is 3. The van der Waals surface area contributed by atoms with Gasteiger partial charge in [-0.1, -0.05) is 19.8 Å². The summed E-state index contributed by atoms with van der Waals surface area (Å²) in [5.41, 5.74) is 1.62. The number of amides is 1. The van der Waals surface area contributed by atoms with Crippen LogP contribution < -0.4 is 0 Å². The van der Waals surface area contributed by atoms with Crippen LogP contribution in [-0.4, -0.2) is 81.9 Å². The molecule has 2 aliphatic heterocycles. The molecule has 1 N–H and O–H groups in total. The largest absolute Gasteiger partial charge is 0.349 e. The minimum atomic E-state index is 0.127. The number of carbonyl (C=O) groups excluding carboxylic acids is 1. The van der Waals surface area contributed by atoms with Crippen molar-refractivity contribution in [2.45, 2.75) is 51.1 Å². The van der Waals surface area contributed by atoms with Crippen LogP contribution in [0.2, 0.25) is 0 Å². The van der Waals surface area contributed by atoms with E-state index in [1.807, 2.05) is 12.1 Å². The van der Waals surface area contributed by atoms with Crippen LogP contribution in [0, 0.1) is 5.92 Å². The number of nitrogens with one attached hydrogen (secondary N) is 1. The first-order chi connectivity index (χ1) is 14.2. The number of fused-ring (bicyclic) bond motifs is 1. The fraction of sp³-hybridized carbons (Fsp3) is 0.652. The zero-order valence-electron chi connectivity index (χ0n) is 17.5. The highest BCUT2D eigenvalue weighted by molar-refractivity contribution is 5.97. The van der Waals surface area contributed by atoms with Crippen LogP contribution in [-0.2, 0) is 0 Å². The van der Waals surface area contributed by atoms with Gasteiger partial charge in [0, 0.05) is 62.9 Å². The number of H-pyrrole nitrogens is 1. The minimum absolute atomic E-state index is 0.127. The number of carbonyl (C=O) groups is 1. The standard InChI is InChI=1S/C23H33N5O/c1-17-7-9-28(23(29)20-14-18-6-8-24-15-21(18)25-20)16-22(17)27-12-10-26(11-13-27)19-4-2-3-5-19/h6,8,14-15,17,19,22,25H,2-5,7,9-13,16H2,1H3. The zero-order chi connectivity index (χ0) is 19.8. The molecule has 1 aliphatic carbocycles. The molecule has 6 nitrogen and oxygen atoms in total. The van der Waals surface area contributed by atoms with Crippen LogP contribution in [0.5, 0.6) is 0 Å².